The first-order chi connectivity index (χ1) is 7.02. The smallest absolute Gasteiger partial charge is 0.323 e. The summed E-state index contributed by atoms with van der Waals surface area (Å²) >= 11 is 0. The maximum Gasteiger partial charge on any atom is 0.323 e. The van der Waals surface area contributed by atoms with Gasteiger partial charge in [0, 0.05) is 6.04 Å². The minimum absolute atomic E-state index is 0.0358. The topological polar surface area (TPSA) is 66.6 Å². The highest BCUT2D eigenvalue weighted by Gasteiger charge is 2.15. The average Bonchev–Trinajstić information content (AvgIpc) is 2.15. The van der Waals surface area contributed by atoms with Crippen molar-refractivity contribution < 1.29 is 9.90 Å². The number of carbonyl (C=O) groups is 1. The molecule has 0 atom stereocenters. The number of nitrogens with zero attached hydrogens (tertiary/aromatic N) is 1. The Labute approximate surface area is 89.3 Å². The molecule has 4 heteroatoms. The molecule has 82 valence electrons. The second-order valence-electron chi connectivity index (χ2n) is 3.67. The van der Waals surface area contributed by atoms with E-state index in [0.717, 1.165) is 5.69 Å². The van der Waals surface area contributed by atoms with Gasteiger partial charge in [-0.2, -0.15) is 0 Å². The molecular formula is C11H16N2O2. The molecule has 0 amide bonds. The van der Waals surface area contributed by atoms with E-state index in [1.807, 2.05) is 32.0 Å². The van der Waals surface area contributed by atoms with Gasteiger partial charge in [0.25, 0.3) is 0 Å². The molecule has 0 heterocycles. The van der Waals surface area contributed by atoms with Gasteiger partial charge in [-0.05, 0) is 26.0 Å². The van der Waals surface area contributed by atoms with Gasteiger partial charge in [-0.15, -0.1) is 0 Å². The summed E-state index contributed by atoms with van der Waals surface area (Å²) in [5.41, 5.74) is 7.18. The summed E-state index contributed by atoms with van der Waals surface area (Å²) in [5.74, 6) is -0.855. The summed E-state index contributed by atoms with van der Waals surface area (Å²) < 4.78 is 0. The van der Waals surface area contributed by atoms with Crippen LogP contribution in [0.3, 0.4) is 0 Å². The van der Waals surface area contributed by atoms with Gasteiger partial charge in [-0.3, -0.25) is 4.79 Å². The molecule has 0 aliphatic heterocycles. The van der Waals surface area contributed by atoms with Crippen molar-refractivity contribution in [2.24, 2.45) is 0 Å². The monoisotopic (exact) mass is 208 g/mol. The second-order valence-corrected chi connectivity index (χ2v) is 3.67. The Morgan fingerprint density at radius 1 is 1.47 bits per heavy atom. The fraction of sp³-hybridized carbons (Fsp3) is 0.364. The number of para-hydroxylation sites is 2. The minimum atomic E-state index is -0.855. The number of hydrogen-bond donors (Lipinski definition) is 2. The normalized spacial score (nSPS) is 10.3. The molecule has 0 saturated carbocycles. The Hall–Kier alpha value is -1.71. The van der Waals surface area contributed by atoms with E-state index in [0.29, 0.717) is 5.69 Å². The highest BCUT2D eigenvalue weighted by molar-refractivity contribution is 5.77. The van der Waals surface area contributed by atoms with E-state index >= 15 is 0 Å². The van der Waals surface area contributed by atoms with E-state index in [1.165, 1.54) is 0 Å². The molecule has 0 aliphatic rings. The predicted octanol–water partition coefficient (Wildman–Crippen LogP) is 1.57. The van der Waals surface area contributed by atoms with E-state index in [4.69, 9.17) is 10.8 Å². The highest BCUT2D eigenvalue weighted by Crippen LogP contribution is 2.23. The Balaban J connectivity index is 2.99. The Kier molecular flexibility index (Phi) is 3.55. The summed E-state index contributed by atoms with van der Waals surface area (Å²) in [5, 5.41) is 8.80. The number of nitrogens with two attached hydrogens (primary N) is 1. The van der Waals surface area contributed by atoms with Crippen LogP contribution in [0.4, 0.5) is 11.4 Å². The zero-order chi connectivity index (χ0) is 11.4. The van der Waals surface area contributed by atoms with Crippen molar-refractivity contribution in [2.45, 2.75) is 19.9 Å². The van der Waals surface area contributed by atoms with Crippen LogP contribution in [0.15, 0.2) is 24.3 Å². The number of anilines is 2. The molecule has 0 aromatic heterocycles. The fourth-order valence-electron chi connectivity index (χ4n) is 1.44. The van der Waals surface area contributed by atoms with Crippen molar-refractivity contribution in [3.63, 3.8) is 0 Å². The van der Waals surface area contributed by atoms with E-state index < -0.39 is 5.97 Å². The van der Waals surface area contributed by atoms with Crippen molar-refractivity contribution in [1.29, 1.82) is 0 Å². The molecule has 0 aliphatic carbocycles. The second kappa shape index (κ2) is 4.68. The summed E-state index contributed by atoms with van der Waals surface area (Å²) in [6.45, 7) is 3.84. The van der Waals surface area contributed by atoms with Gasteiger partial charge in [0.15, 0.2) is 0 Å². The Morgan fingerprint density at radius 3 is 2.53 bits per heavy atom. The number of hydrogen-bond acceptors (Lipinski definition) is 3. The van der Waals surface area contributed by atoms with Crippen molar-refractivity contribution in [3.8, 4) is 0 Å². The van der Waals surface area contributed by atoms with Crippen LogP contribution in [0.25, 0.3) is 0 Å². The molecular weight excluding hydrogens is 192 g/mol. The van der Waals surface area contributed by atoms with Gasteiger partial charge >= 0.3 is 5.97 Å². The molecule has 3 N–H and O–H groups in total. The maximum absolute atomic E-state index is 10.7. The standard InChI is InChI=1S/C11H16N2O2/c1-8(2)13(7-11(14)15)10-6-4-3-5-9(10)12/h3-6,8H,7,12H2,1-2H3,(H,14,15). The summed E-state index contributed by atoms with van der Waals surface area (Å²) in [6, 6.07) is 7.39. The molecule has 0 fully saturated rings. The van der Waals surface area contributed by atoms with Gasteiger partial charge in [0.2, 0.25) is 0 Å². The van der Waals surface area contributed by atoms with Crippen LogP contribution in [0, 0.1) is 0 Å². The van der Waals surface area contributed by atoms with Gasteiger partial charge < -0.3 is 15.7 Å². The lowest BCUT2D eigenvalue weighted by Gasteiger charge is -2.28. The van der Waals surface area contributed by atoms with Crippen LogP contribution >= 0.6 is 0 Å². The number of carboxylic acids is 1. The number of nitrogen functional groups attached to an aromatic ring is 1. The molecule has 1 aromatic rings. The van der Waals surface area contributed by atoms with Crippen molar-refractivity contribution in [2.75, 3.05) is 17.2 Å². The average molecular weight is 208 g/mol. The quantitative estimate of drug-likeness (QED) is 0.737. The molecule has 0 saturated heterocycles. The van der Waals surface area contributed by atoms with Crippen molar-refractivity contribution in [3.05, 3.63) is 24.3 Å². The van der Waals surface area contributed by atoms with Crippen LogP contribution in [-0.2, 0) is 4.79 Å². The number of aliphatic carboxylic acids is 1. The molecule has 4 nitrogen and oxygen atoms in total. The highest BCUT2D eigenvalue weighted by atomic mass is 16.4. The van der Waals surface area contributed by atoms with Crippen molar-refractivity contribution in [1.82, 2.24) is 0 Å². The molecule has 0 spiro atoms. The third-order valence-electron chi connectivity index (χ3n) is 2.18. The van der Waals surface area contributed by atoms with Gasteiger partial charge in [-0.25, -0.2) is 0 Å². The predicted molar refractivity (Wildman–Crippen MR) is 61.0 cm³/mol. The number of benzene rings is 1. The van der Waals surface area contributed by atoms with Crippen LogP contribution < -0.4 is 10.6 Å². The zero-order valence-corrected chi connectivity index (χ0v) is 8.97. The Morgan fingerprint density at radius 2 is 2.07 bits per heavy atom. The Bertz CT molecular complexity index is 350. The number of carboxylic acid groups (broad SMARTS) is 1. The lowest BCUT2D eigenvalue weighted by atomic mass is 10.2. The first-order valence-electron chi connectivity index (χ1n) is 4.85. The lowest BCUT2D eigenvalue weighted by molar-refractivity contribution is -0.135. The number of rotatable bonds is 4. The fourth-order valence-corrected chi connectivity index (χ4v) is 1.44. The maximum atomic E-state index is 10.7. The summed E-state index contributed by atoms with van der Waals surface area (Å²) in [4.78, 5) is 12.5. The molecule has 15 heavy (non-hydrogen) atoms. The van der Waals surface area contributed by atoms with Crippen LogP contribution in [0.1, 0.15) is 13.8 Å². The summed E-state index contributed by atoms with van der Waals surface area (Å²) in [6.07, 6.45) is 0. The summed E-state index contributed by atoms with van der Waals surface area (Å²) in [7, 11) is 0. The molecule has 1 aromatic carbocycles. The van der Waals surface area contributed by atoms with E-state index in [1.54, 1.807) is 11.0 Å². The third-order valence-corrected chi connectivity index (χ3v) is 2.18. The largest absolute Gasteiger partial charge is 0.480 e. The van der Waals surface area contributed by atoms with Gasteiger partial charge in [0.1, 0.15) is 6.54 Å². The minimum Gasteiger partial charge on any atom is -0.480 e. The van der Waals surface area contributed by atoms with Crippen molar-refractivity contribution >= 4 is 17.3 Å². The van der Waals surface area contributed by atoms with E-state index in [2.05, 4.69) is 0 Å². The molecule has 1 rings (SSSR count). The third kappa shape index (κ3) is 2.87. The zero-order valence-electron chi connectivity index (χ0n) is 8.97. The van der Waals surface area contributed by atoms with Crippen LogP contribution in [0.2, 0.25) is 0 Å². The first kappa shape index (κ1) is 11.4. The van der Waals surface area contributed by atoms with Gasteiger partial charge in [0.05, 0.1) is 11.4 Å². The lowest BCUT2D eigenvalue weighted by Crippen LogP contribution is -2.36. The molecule has 0 bridgehead atoms. The van der Waals surface area contributed by atoms with Crippen LogP contribution in [0.5, 0.6) is 0 Å². The SMILES string of the molecule is CC(C)N(CC(=O)O)c1ccccc1N. The van der Waals surface area contributed by atoms with E-state index in [9.17, 15) is 4.79 Å². The first-order valence-corrected chi connectivity index (χ1v) is 4.85. The molecule has 0 radical (unpaired) electrons. The van der Waals surface area contributed by atoms with Crippen LogP contribution in [-0.4, -0.2) is 23.7 Å². The molecule has 0 unspecified atom stereocenters. The van der Waals surface area contributed by atoms with E-state index in [-0.39, 0.29) is 12.6 Å². The van der Waals surface area contributed by atoms with Gasteiger partial charge in [-0.1, -0.05) is 12.1 Å².